The van der Waals surface area contributed by atoms with E-state index < -0.39 is 16.6 Å². The molecule has 0 amide bonds. The summed E-state index contributed by atoms with van der Waals surface area (Å²) in [5.41, 5.74) is 4.29. The molecule has 6 heteroatoms. The summed E-state index contributed by atoms with van der Waals surface area (Å²) in [5, 5.41) is 0. The summed E-state index contributed by atoms with van der Waals surface area (Å²) >= 11 is 0. The first-order valence-corrected chi connectivity index (χ1v) is 19.4. The first-order valence-electron chi connectivity index (χ1n) is 14.3. The van der Waals surface area contributed by atoms with Crippen LogP contribution < -0.4 is 0 Å². The molecular weight excluding hydrogens is 525 g/mol. The van der Waals surface area contributed by atoms with E-state index in [1.54, 1.807) is 0 Å². The van der Waals surface area contributed by atoms with E-state index in [-0.39, 0.29) is 0 Å². The summed E-state index contributed by atoms with van der Waals surface area (Å²) < 4.78 is 13.0. The lowest BCUT2D eigenvalue weighted by molar-refractivity contribution is 0.297. The van der Waals surface area contributed by atoms with Crippen molar-refractivity contribution in [2.75, 3.05) is 13.2 Å². The Kier molecular flexibility index (Phi) is 15.4. The van der Waals surface area contributed by atoms with Gasteiger partial charge >= 0.3 is 0 Å². The number of rotatable bonds is 23. The van der Waals surface area contributed by atoms with E-state index in [9.17, 15) is 0 Å². The van der Waals surface area contributed by atoms with Crippen molar-refractivity contribution in [2.24, 2.45) is 0 Å². The standard InChI is InChI=1S/C34H48N2O2Si2/c1-7-23-39(24-8-2,25-9-3)37-21-13-15-31-17-19-35-33(29-31)34-30-32(18-20-36-34)16-14-22-38-40(26-10-4,27-11-5)28-12-6/h7-12,17-20,29-30H,1-6,13-16,21-28H2. The monoisotopic (exact) mass is 572 g/mol. The molecule has 0 N–H and O–H groups in total. The van der Waals surface area contributed by atoms with Crippen LogP contribution in [0.2, 0.25) is 36.3 Å². The van der Waals surface area contributed by atoms with Crippen LogP contribution in [0, 0.1) is 0 Å². The lowest BCUT2D eigenvalue weighted by Gasteiger charge is -2.28. The molecule has 0 aliphatic rings. The van der Waals surface area contributed by atoms with Crippen LogP contribution in [0.4, 0.5) is 0 Å². The molecule has 0 spiro atoms. The van der Waals surface area contributed by atoms with Gasteiger partial charge in [-0.25, -0.2) is 0 Å². The second-order valence-electron chi connectivity index (χ2n) is 10.3. The fourth-order valence-corrected chi connectivity index (χ4v) is 11.1. The van der Waals surface area contributed by atoms with Crippen LogP contribution in [-0.4, -0.2) is 39.8 Å². The number of hydrogen-bond acceptors (Lipinski definition) is 4. The van der Waals surface area contributed by atoms with E-state index in [1.807, 2.05) is 48.8 Å². The molecule has 0 atom stereocenters. The molecule has 0 aliphatic carbocycles. The molecule has 0 bridgehead atoms. The maximum atomic E-state index is 6.49. The SMILES string of the molecule is C=CC[Si](CC=C)(CC=C)OCCCc1ccnc(-c2cc(CCCO[Si](CC=C)(CC=C)CC=C)ccn2)c1. The summed E-state index contributed by atoms with van der Waals surface area (Å²) in [7, 11) is -3.88. The summed E-state index contributed by atoms with van der Waals surface area (Å²) in [6.07, 6.45) is 19.4. The maximum absolute atomic E-state index is 6.49. The minimum absolute atomic E-state index is 0.728. The molecule has 0 aliphatic heterocycles. The molecule has 2 aromatic heterocycles. The molecule has 0 fully saturated rings. The van der Waals surface area contributed by atoms with E-state index in [1.165, 1.54) is 11.1 Å². The predicted octanol–water partition coefficient (Wildman–Crippen LogP) is 9.05. The zero-order valence-electron chi connectivity index (χ0n) is 24.4. The Hall–Kier alpha value is -2.91. The van der Waals surface area contributed by atoms with Gasteiger partial charge in [0.2, 0.25) is 16.6 Å². The number of aryl methyl sites for hydroxylation is 2. The minimum Gasteiger partial charge on any atom is -0.416 e. The number of allylic oxidation sites excluding steroid dienone is 6. The van der Waals surface area contributed by atoms with Crippen LogP contribution >= 0.6 is 0 Å². The third-order valence-electron chi connectivity index (χ3n) is 7.05. The van der Waals surface area contributed by atoms with Crippen molar-refractivity contribution in [1.82, 2.24) is 9.97 Å². The number of aromatic nitrogens is 2. The van der Waals surface area contributed by atoms with Gasteiger partial charge in [0.15, 0.2) is 0 Å². The second kappa shape index (κ2) is 18.4. The third kappa shape index (κ3) is 10.9. The molecule has 214 valence electrons. The zero-order valence-corrected chi connectivity index (χ0v) is 26.4. The van der Waals surface area contributed by atoms with Crippen LogP contribution in [0.3, 0.4) is 0 Å². The van der Waals surface area contributed by atoms with Crippen molar-refractivity contribution in [3.63, 3.8) is 0 Å². The fourth-order valence-electron chi connectivity index (χ4n) is 5.10. The minimum atomic E-state index is -1.94. The van der Waals surface area contributed by atoms with Crippen LogP contribution in [0.15, 0.2) is 113 Å². The van der Waals surface area contributed by atoms with Crippen molar-refractivity contribution in [3.05, 3.63) is 124 Å². The zero-order chi connectivity index (χ0) is 29.1. The van der Waals surface area contributed by atoms with Gasteiger partial charge in [0, 0.05) is 25.6 Å². The molecule has 2 heterocycles. The van der Waals surface area contributed by atoms with E-state index in [4.69, 9.17) is 8.85 Å². The van der Waals surface area contributed by atoms with Crippen molar-refractivity contribution in [2.45, 2.75) is 61.9 Å². The highest BCUT2D eigenvalue weighted by Gasteiger charge is 2.31. The van der Waals surface area contributed by atoms with E-state index in [0.717, 1.165) is 86.5 Å². The van der Waals surface area contributed by atoms with Gasteiger partial charge in [0.1, 0.15) is 0 Å². The Bertz CT molecular complexity index is 974. The maximum Gasteiger partial charge on any atom is 0.203 e. The summed E-state index contributed by atoms with van der Waals surface area (Å²) in [4.78, 5) is 9.23. The molecule has 2 aromatic rings. The molecule has 0 saturated heterocycles. The smallest absolute Gasteiger partial charge is 0.203 e. The van der Waals surface area contributed by atoms with Crippen molar-refractivity contribution in [3.8, 4) is 11.4 Å². The van der Waals surface area contributed by atoms with Crippen molar-refractivity contribution >= 4 is 16.6 Å². The lowest BCUT2D eigenvalue weighted by Crippen LogP contribution is -2.37. The molecule has 0 radical (unpaired) electrons. The number of hydrogen-bond donors (Lipinski definition) is 0. The fraction of sp³-hybridized carbons (Fsp3) is 0.353. The van der Waals surface area contributed by atoms with Gasteiger partial charge < -0.3 is 8.85 Å². The van der Waals surface area contributed by atoms with Gasteiger partial charge in [0.05, 0.1) is 11.4 Å². The molecule has 2 rings (SSSR count). The third-order valence-corrected chi connectivity index (χ3v) is 14.9. The highest BCUT2D eigenvalue weighted by atomic mass is 28.4. The molecular formula is C34H48N2O2Si2. The van der Waals surface area contributed by atoms with Crippen LogP contribution in [-0.2, 0) is 21.7 Å². The number of pyridine rings is 2. The van der Waals surface area contributed by atoms with E-state index in [2.05, 4.69) is 73.7 Å². The Morgan fingerprint density at radius 3 is 1.18 bits per heavy atom. The van der Waals surface area contributed by atoms with Crippen LogP contribution in [0.5, 0.6) is 0 Å². The average molecular weight is 573 g/mol. The van der Waals surface area contributed by atoms with Gasteiger partial charge in [-0.3, -0.25) is 9.97 Å². The largest absolute Gasteiger partial charge is 0.416 e. The molecule has 4 nitrogen and oxygen atoms in total. The van der Waals surface area contributed by atoms with E-state index in [0.29, 0.717) is 0 Å². The Balaban J connectivity index is 1.96. The second-order valence-corrected chi connectivity index (χ2v) is 18.1. The molecule has 0 unspecified atom stereocenters. The summed E-state index contributed by atoms with van der Waals surface area (Å²) in [6, 6.07) is 14.0. The normalized spacial score (nSPS) is 11.5. The van der Waals surface area contributed by atoms with Gasteiger partial charge in [-0.1, -0.05) is 36.5 Å². The number of nitrogens with zero attached hydrogens (tertiary/aromatic N) is 2. The Morgan fingerprint density at radius 1 is 0.550 bits per heavy atom. The first kappa shape index (κ1) is 33.3. The first-order chi connectivity index (χ1) is 19.5. The summed E-state index contributed by atoms with van der Waals surface area (Å²) in [6.45, 7) is 25.1. The van der Waals surface area contributed by atoms with Crippen LogP contribution in [0.1, 0.15) is 24.0 Å². The Morgan fingerprint density at radius 2 is 0.875 bits per heavy atom. The van der Waals surface area contributed by atoms with Crippen molar-refractivity contribution in [1.29, 1.82) is 0 Å². The molecule has 40 heavy (non-hydrogen) atoms. The quantitative estimate of drug-likeness (QED) is 0.0757. The highest BCUT2D eigenvalue weighted by molar-refractivity contribution is 6.75. The molecule has 0 saturated carbocycles. The van der Waals surface area contributed by atoms with Gasteiger partial charge in [-0.05, 0) is 97.3 Å². The van der Waals surface area contributed by atoms with Crippen molar-refractivity contribution < 1.29 is 8.85 Å². The predicted molar refractivity (Wildman–Crippen MR) is 178 cm³/mol. The van der Waals surface area contributed by atoms with Crippen LogP contribution in [0.25, 0.3) is 11.4 Å². The molecule has 0 aromatic carbocycles. The Labute approximate surface area is 245 Å². The lowest BCUT2D eigenvalue weighted by atomic mass is 10.1. The topological polar surface area (TPSA) is 44.2 Å². The highest BCUT2D eigenvalue weighted by Crippen LogP contribution is 2.26. The van der Waals surface area contributed by atoms with E-state index >= 15 is 0 Å². The average Bonchev–Trinajstić information content (AvgIpc) is 2.95. The summed E-state index contributed by atoms with van der Waals surface area (Å²) in [5.74, 6) is 0. The van der Waals surface area contributed by atoms with Gasteiger partial charge in [-0.2, -0.15) is 0 Å². The van der Waals surface area contributed by atoms with Gasteiger partial charge in [0.25, 0.3) is 0 Å². The van der Waals surface area contributed by atoms with Gasteiger partial charge in [-0.15, -0.1) is 39.5 Å².